The number of thiazole rings is 1. The van der Waals surface area contributed by atoms with E-state index in [4.69, 9.17) is 5.73 Å². The van der Waals surface area contributed by atoms with E-state index in [1.807, 2.05) is 0 Å². The summed E-state index contributed by atoms with van der Waals surface area (Å²) < 4.78 is 26.4. The fourth-order valence-corrected chi connectivity index (χ4v) is 3.02. The molecule has 0 unspecified atom stereocenters. The highest BCUT2D eigenvalue weighted by Gasteiger charge is 2.13. The second-order valence-corrected chi connectivity index (χ2v) is 6.34. The summed E-state index contributed by atoms with van der Waals surface area (Å²) in [6, 6.07) is 6.51. The Balaban J connectivity index is 2.09. The van der Waals surface area contributed by atoms with Crippen molar-refractivity contribution in [2.75, 3.05) is 0 Å². The summed E-state index contributed by atoms with van der Waals surface area (Å²) >= 11 is 1.41. The standard InChI is InChI=1S/C11H13N3O2S2/c12-7-9-1-3-10(4-2-9)18(15,16)14-8-11-13-5-6-17-11/h1-6,14H,7-8,12H2. The summed E-state index contributed by atoms with van der Waals surface area (Å²) in [5.74, 6) is 0. The number of aromatic nitrogens is 1. The molecule has 0 amide bonds. The Bertz CT molecular complexity index is 592. The molecule has 0 aliphatic heterocycles. The average molecular weight is 283 g/mol. The Morgan fingerprint density at radius 3 is 2.56 bits per heavy atom. The van der Waals surface area contributed by atoms with Gasteiger partial charge in [0.2, 0.25) is 10.0 Å². The van der Waals surface area contributed by atoms with Gasteiger partial charge in [0, 0.05) is 18.1 Å². The van der Waals surface area contributed by atoms with E-state index in [0.29, 0.717) is 6.54 Å². The van der Waals surface area contributed by atoms with Gasteiger partial charge in [-0.05, 0) is 17.7 Å². The van der Waals surface area contributed by atoms with E-state index < -0.39 is 10.0 Å². The van der Waals surface area contributed by atoms with Crippen LogP contribution in [-0.2, 0) is 23.1 Å². The van der Waals surface area contributed by atoms with Crippen LogP contribution in [0, 0.1) is 0 Å². The van der Waals surface area contributed by atoms with E-state index in [2.05, 4.69) is 9.71 Å². The number of hydrogen-bond donors (Lipinski definition) is 2. The van der Waals surface area contributed by atoms with Crippen molar-refractivity contribution in [2.24, 2.45) is 5.73 Å². The molecule has 0 spiro atoms. The van der Waals surface area contributed by atoms with Crippen LogP contribution in [0.4, 0.5) is 0 Å². The van der Waals surface area contributed by atoms with Gasteiger partial charge in [-0.1, -0.05) is 12.1 Å². The monoisotopic (exact) mass is 283 g/mol. The van der Waals surface area contributed by atoms with Gasteiger partial charge in [-0.15, -0.1) is 11.3 Å². The average Bonchev–Trinajstić information content (AvgIpc) is 2.90. The molecule has 3 N–H and O–H groups in total. The van der Waals surface area contributed by atoms with Crippen molar-refractivity contribution in [3.8, 4) is 0 Å². The highest BCUT2D eigenvalue weighted by molar-refractivity contribution is 7.89. The van der Waals surface area contributed by atoms with Crippen molar-refractivity contribution in [2.45, 2.75) is 18.0 Å². The van der Waals surface area contributed by atoms with Crippen LogP contribution >= 0.6 is 11.3 Å². The molecule has 2 rings (SSSR count). The number of nitrogens with two attached hydrogens (primary N) is 1. The van der Waals surface area contributed by atoms with Crippen molar-refractivity contribution in [3.63, 3.8) is 0 Å². The van der Waals surface area contributed by atoms with Crippen molar-refractivity contribution >= 4 is 21.4 Å². The number of nitrogens with one attached hydrogen (secondary N) is 1. The predicted molar refractivity (Wildman–Crippen MR) is 70.5 cm³/mol. The third kappa shape index (κ3) is 3.14. The number of hydrogen-bond acceptors (Lipinski definition) is 5. The third-order valence-electron chi connectivity index (χ3n) is 2.37. The SMILES string of the molecule is NCc1ccc(S(=O)(=O)NCc2nccs2)cc1. The van der Waals surface area contributed by atoms with Gasteiger partial charge in [0.25, 0.3) is 0 Å². The molecule has 1 aromatic heterocycles. The molecular formula is C11H13N3O2S2. The zero-order valence-corrected chi connectivity index (χ0v) is 11.2. The molecule has 96 valence electrons. The molecule has 18 heavy (non-hydrogen) atoms. The molecule has 0 aliphatic carbocycles. The minimum absolute atomic E-state index is 0.207. The molecule has 2 aromatic rings. The number of rotatable bonds is 5. The first-order valence-electron chi connectivity index (χ1n) is 5.29. The lowest BCUT2D eigenvalue weighted by Gasteiger charge is -2.05. The zero-order valence-electron chi connectivity index (χ0n) is 9.54. The maximum absolute atomic E-state index is 12.0. The Hall–Kier alpha value is -1.28. The molecule has 0 radical (unpaired) electrons. The van der Waals surface area contributed by atoms with Gasteiger partial charge in [0.05, 0.1) is 11.4 Å². The van der Waals surface area contributed by atoms with E-state index in [-0.39, 0.29) is 11.4 Å². The van der Waals surface area contributed by atoms with E-state index in [9.17, 15) is 8.42 Å². The quantitative estimate of drug-likeness (QED) is 0.860. The Kier molecular flexibility index (Phi) is 4.07. The lowest BCUT2D eigenvalue weighted by atomic mass is 10.2. The Labute approximate surface area is 110 Å². The normalized spacial score (nSPS) is 11.6. The molecule has 0 saturated heterocycles. The van der Waals surface area contributed by atoms with Crippen LogP contribution in [0.2, 0.25) is 0 Å². The van der Waals surface area contributed by atoms with Crippen LogP contribution in [0.3, 0.4) is 0 Å². The second-order valence-electron chi connectivity index (χ2n) is 3.60. The number of sulfonamides is 1. The molecule has 1 aromatic carbocycles. The van der Waals surface area contributed by atoms with Crippen LogP contribution in [0.5, 0.6) is 0 Å². The van der Waals surface area contributed by atoms with Gasteiger partial charge in [0.15, 0.2) is 0 Å². The molecule has 0 aliphatic rings. The fourth-order valence-electron chi connectivity index (χ4n) is 1.39. The van der Waals surface area contributed by atoms with Crippen molar-refractivity contribution in [1.82, 2.24) is 9.71 Å². The summed E-state index contributed by atoms with van der Waals surface area (Å²) in [6.07, 6.45) is 1.64. The smallest absolute Gasteiger partial charge is 0.240 e. The second kappa shape index (κ2) is 5.57. The Morgan fingerprint density at radius 2 is 2.00 bits per heavy atom. The minimum Gasteiger partial charge on any atom is -0.326 e. The first kappa shape index (κ1) is 13.2. The minimum atomic E-state index is -3.49. The van der Waals surface area contributed by atoms with E-state index >= 15 is 0 Å². The van der Waals surface area contributed by atoms with Crippen molar-refractivity contribution in [3.05, 3.63) is 46.4 Å². The van der Waals surface area contributed by atoms with Gasteiger partial charge in [0.1, 0.15) is 5.01 Å². The van der Waals surface area contributed by atoms with Crippen LogP contribution < -0.4 is 10.5 Å². The summed E-state index contributed by atoms with van der Waals surface area (Å²) in [4.78, 5) is 4.25. The number of benzene rings is 1. The highest BCUT2D eigenvalue weighted by Crippen LogP contribution is 2.11. The largest absolute Gasteiger partial charge is 0.326 e. The van der Waals surface area contributed by atoms with Gasteiger partial charge in [-0.3, -0.25) is 0 Å². The summed E-state index contributed by atoms with van der Waals surface area (Å²) in [7, 11) is -3.49. The molecule has 7 heteroatoms. The Morgan fingerprint density at radius 1 is 1.28 bits per heavy atom. The fraction of sp³-hybridized carbons (Fsp3) is 0.182. The molecule has 0 fully saturated rings. The molecule has 0 bridgehead atoms. The molecule has 1 heterocycles. The maximum atomic E-state index is 12.0. The highest BCUT2D eigenvalue weighted by atomic mass is 32.2. The van der Waals surface area contributed by atoms with Gasteiger partial charge in [-0.25, -0.2) is 18.1 Å². The lowest BCUT2D eigenvalue weighted by molar-refractivity contribution is 0.581. The number of nitrogens with zero attached hydrogens (tertiary/aromatic N) is 1. The predicted octanol–water partition coefficient (Wildman–Crippen LogP) is 1.08. The van der Waals surface area contributed by atoms with Gasteiger partial charge < -0.3 is 5.73 Å². The molecular weight excluding hydrogens is 270 g/mol. The van der Waals surface area contributed by atoms with Crippen LogP contribution in [0.1, 0.15) is 10.6 Å². The first-order valence-corrected chi connectivity index (χ1v) is 7.65. The van der Waals surface area contributed by atoms with Crippen molar-refractivity contribution < 1.29 is 8.42 Å². The summed E-state index contributed by atoms with van der Waals surface area (Å²) in [5.41, 5.74) is 6.36. The topological polar surface area (TPSA) is 85.1 Å². The third-order valence-corrected chi connectivity index (χ3v) is 4.56. The lowest BCUT2D eigenvalue weighted by Crippen LogP contribution is -2.23. The van der Waals surface area contributed by atoms with Gasteiger partial charge in [-0.2, -0.15) is 0 Å². The van der Waals surface area contributed by atoms with Crippen LogP contribution in [0.25, 0.3) is 0 Å². The van der Waals surface area contributed by atoms with E-state index in [1.165, 1.54) is 11.3 Å². The molecule has 0 atom stereocenters. The zero-order chi connectivity index (χ0) is 13.0. The molecule has 0 saturated carbocycles. The first-order chi connectivity index (χ1) is 8.62. The van der Waals surface area contributed by atoms with E-state index in [1.54, 1.807) is 35.8 Å². The summed E-state index contributed by atoms with van der Waals surface area (Å²) in [6.45, 7) is 0.603. The van der Waals surface area contributed by atoms with Gasteiger partial charge >= 0.3 is 0 Å². The van der Waals surface area contributed by atoms with Crippen LogP contribution in [-0.4, -0.2) is 13.4 Å². The summed E-state index contributed by atoms with van der Waals surface area (Å²) in [5, 5.41) is 2.54. The van der Waals surface area contributed by atoms with E-state index in [0.717, 1.165) is 10.6 Å². The van der Waals surface area contributed by atoms with Crippen LogP contribution in [0.15, 0.2) is 40.7 Å². The van der Waals surface area contributed by atoms with Crippen molar-refractivity contribution in [1.29, 1.82) is 0 Å². The molecule has 5 nitrogen and oxygen atoms in total. The maximum Gasteiger partial charge on any atom is 0.240 e.